The number of hydrazone groups is 1. The van der Waals surface area contributed by atoms with E-state index in [9.17, 15) is 0 Å². The number of hydrogen-bond acceptors (Lipinski definition) is 6. The van der Waals surface area contributed by atoms with Crippen LogP contribution < -0.4 is 15.9 Å². The fourth-order valence-electron chi connectivity index (χ4n) is 2.09. The van der Waals surface area contributed by atoms with Gasteiger partial charge in [0.05, 0.1) is 6.21 Å². The van der Waals surface area contributed by atoms with Gasteiger partial charge < -0.3 is 10.5 Å². The van der Waals surface area contributed by atoms with Crippen molar-refractivity contribution in [2.24, 2.45) is 5.10 Å². The fourth-order valence-corrected chi connectivity index (χ4v) is 2.82. The largest absolute Gasteiger partial charge is 0.488 e. The first kappa shape index (κ1) is 17.3. The van der Waals surface area contributed by atoms with Gasteiger partial charge in [-0.15, -0.1) is 11.3 Å². The second kappa shape index (κ2) is 8.00. The van der Waals surface area contributed by atoms with Gasteiger partial charge in [0, 0.05) is 16.0 Å². The highest BCUT2D eigenvalue weighted by Crippen LogP contribution is 2.23. The maximum absolute atomic E-state index is 6.09. The van der Waals surface area contributed by atoms with Gasteiger partial charge in [0.1, 0.15) is 18.2 Å². The van der Waals surface area contributed by atoms with Crippen LogP contribution in [0, 0.1) is 6.92 Å². The Bertz CT molecular complexity index is 877. The fraction of sp³-hybridized carbons (Fsp3) is 0.111. The van der Waals surface area contributed by atoms with E-state index in [0.29, 0.717) is 28.3 Å². The highest BCUT2D eigenvalue weighted by Gasteiger charge is 2.04. The summed E-state index contributed by atoms with van der Waals surface area (Å²) in [6.45, 7) is 2.53. The van der Waals surface area contributed by atoms with Gasteiger partial charge in [-0.2, -0.15) is 5.10 Å². The van der Waals surface area contributed by atoms with E-state index in [4.69, 9.17) is 22.1 Å². The summed E-state index contributed by atoms with van der Waals surface area (Å²) >= 11 is 7.47. The first-order valence-electron chi connectivity index (χ1n) is 7.58. The molecule has 3 aromatic rings. The molecule has 0 spiro atoms. The molecule has 0 atom stereocenters. The molecule has 2 aromatic carbocycles. The number of aromatic nitrogens is 1. The van der Waals surface area contributed by atoms with Crippen LogP contribution >= 0.6 is 22.9 Å². The lowest BCUT2D eigenvalue weighted by atomic mass is 10.1. The molecule has 5 nitrogen and oxygen atoms in total. The summed E-state index contributed by atoms with van der Waals surface area (Å²) in [5.74, 6) is 1.17. The average molecular weight is 373 g/mol. The molecular formula is C18H17ClN4OS. The first-order chi connectivity index (χ1) is 12.1. The molecule has 0 aliphatic rings. The molecule has 7 heteroatoms. The number of aryl methyl sites for hydroxylation is 1. The number of rotatable bonds is 6. The van der Waals surface area contributed by atoms with Crippen molar-refractivity contribution in [3.63, 3.8) is 0 Å². The smallest absolute Gasteiger partial charge is 0.205 e. The van der Waals surface area contributed by atoms with Crippen LogP contribution in [0.4, 0.5) is 10.9 Å². The number of nitrogen functional groups attached to an aromatic ring is 1. The third-order valence-electron chi connectivity index (χ3n) is 3.37. The zero-order valence-corrected chi connectivity index (χ0v) is 15.1. The molecule has 0 bridgehead atoms. The van der Waals surface area contributed by atoms with Crippen LogP contribution in [0.1, 0.15) is 16.7 Å². The van der Waals surface area contributed by atoms with Crippen molar-refractivity contribution in [2.75, 3.05) is 11.2 Å². The molecule has 0 radical (unpaired) electrons. The van der Waals surface area contributed by atoms with Crippen molar-refractivity contribution < 1.29 is 4.74 Å². The van der Waals surface area contributed by atoms with Crippen molar-refractivity contribution >= 4 is 40.1 Å². The van der Waals surface area contributed by atoms with Gasteiger partial charge in [0.15, 0.2) is 0 Å². The van der Waals surface area contributed by atoms with Crippen LogP contribution in [0.5, 0.6) is 5.75 Å². The summed E-state index contributed by atoms with van der Waals surface area (Å²) in [4.78, 5) is 4.08. The number of anilines is 2. The summed E-state index contributed by atoms with van der Waals surface area (Å²) < 4.78 is 5.91. The predicted octanol–water partition coefficient (Wildman–Crippen LogP) is 4.71. The molecule has 3 rings (SSSR count). The van der Waals surface area contributed by atoms with Crippen LogP contribution in [-0.4, -0.2) is 11.2 Å². The lowest BCUT2D eigenvalue weighted by Crippen LogP contribution is -1.99. The molecule has 0 amide bonds. The Labute approximate surface area is 155 Å². The Morgan fingerprint density at radius 1 is 1.28 bits per heavy atom. The van der Waals surface area contributed by atoms with E-state index in [0.717, 1.165) is 11.1 Å². The topological polar surface area (TPSA) is 72.5 Å². The molecule has 0 saturated carbocycles. The third-order valence-corrected chi connectivity index (χ3v) is 4.37. The lowest BCUT2D eigenvalue weighted by molar-refractivity contribution is 0.306. The predicted molar refractivity (Wildman–Crippen MR) is 105 cm³/mol. The van der Waals surface area contributed by atoms with E-state index in [1.165, 1.54) is 16.9 Å². The minimum absolute atomic E-state index is 0.465. The Balaban J connectivity index is 1.70. The number of benzene rings is 2. The van der Waals surface area contributed by atoms with Crippen molar-refractivity contribution in [1.29, 1.82) is 0 Å². The maximum Gasteiger partial charge on any atom is 0.205 e. The Morgan fingerprint density at radius 3 is 2.80 bits per heavy atom. The zero-order valence-electron chi connectivity index (χ0n) is 13.6. The number of hydrogen-bond donors (Lipinski definition) is 2. The molecule has 0 saturated heterocycles. The van der Waals surface area contributed by atoms with Gasteiger partial charge in [-0.25, -0.2) is 4.98 Å². The molecule has 3 N–H and O–H groups in total. The normalized spacial score (nSPS) is 11.0. The molecule has 25 heavy (non-hydrogen) atoms. The Hall–Kier alpha value is -2.57. The van der Waals surface area contributed by atoms with Crippen molar-refractivity contribution in [3.05, 3.63) is 69.6 Å². The lowest BCUT2D eigenvalue weighted by Gasteiger charge is -2.10. The number of nitrogens with two attached hydrogens (primary N) is 1. The third kappa shape index (κ3) is 4.95. The quantitative estimate of drug-likeness (QED) is 0.485. The van der Waals surface area contributed by atoms with Crippen LogP contribution in [0.2, 0.25) is 5.02 Å². The highest BCUT2D eigenvalue weighted by molar-refractivity contribution is 7.14. The first-order valence-corrected chi connectivity index (χ1v) is 8.84. The van der Waals surface area contributed by atoms with Crippen molar-refractivity contribution in [1.82, 2.24) is 4.98 Å². The number of thiazole rings is 1. The molecule has 128 valence electrons. The number of ether oxygens (including phenoxy) is 1. The number of halogens is 1. The monoisotopic (exact) mass is 372 g/mol. The van der Waals surface area contributed by atoms with Crippen molar-refractivity contribution in [2.45, 2.75) is 13.5 Å². The minimum atomic E-state index is 0.465. The number of nitrogens with zero attached hydrogens (tertiary/aromatic N) is 2. The van der Waals surface area contributed by atoms with E-state index >= 15 is 0 Å². The van der Waals surface area contributed by atoms with Gasteiger partial charge >= 0.3 is 0 Å². The standard InChI is InChI=1S/C18H17ClN4OS/c1-12-2-4-13(5-3-12)10-24-16-7-6-15(19)8-14(16)9-21-23-18-22-17(20)11-25-18/h2-9,11H,10,20H2,1H3,(H,22,23). The Morgan fingerprint density at radius 2 is 2.08 bits per heavy atom. The second-order valence-electron chi connectivity index (χ2n) is 5.40. The SMILES string of the molecule is Cc1ccc(COc2ccc(Cl)cc2C=NNc2nc(N)cs2)cc1. The molecule has 0 fully saturated rings. The number of nitrogens with one attached hydrogen (secondary N) is 1. The molecule has 0 aliphatic carbocycles. The minimum Gasteiger partial charge on any atom is -0.488 e. The average Bonchev–Trinajstić information content (AvgIpc) is 3.01. The van der Waals surface area contributed by atoms with E-state index in [-0.39, 0.29) is 0 Å². The van der Waals surface area contributed by atoms with E-state index in [1.54, 1.807) is 23.7 Å². The van der Waals surface area contributed by atoms with Gasteiger partial charge in [-0.05, 0) is 30.7 Å². The zero-order chi connectivity index (χ0) is 17.6. The summed E-state index contributed by atoms with van der Waals surface area (Å²) in [5, 5.41) is 7.15. The molecule has 1 aromatic heterocycles. The van der Waals surface area contributed by atoms with Gasteiger partial charge in [-0.3, -0.25) is 5.43 Å². The highest BCUT2D eigenvalue weighted by atomic mass is 35.5. The van der Waals surface area contributed by atoms with Gasteiger partial charge in [-0.1, -0.05) is 41.4 Å². The molecule has 0 aliphatic heterocycles. The second-order valence-corrected chi connectivity index (χ2v) is 6.70. The van der Waals surface area contributed by atoms with Crippen LogP contribution in [0.25, 0.3) is 0 Å². The van der Waals surface area contributed by atoms with E-state index in [2.05, 4.69) is 34.6 Å². The molecule has 1 heterocycles. The summed E-state index contributed by atoms with van der Waals surface area (Å²) in [6.07, 6.45) is 1.65. The molecule has 0 unspecified atom stereocenters. The van der Waals surface area contributed by atoms with Crippen LogP contribution in [0.15, 0.2) is 52.9 Å². The van der Waals surface area contributed by atoms with Crippen LogP contribution in [0.3, 0.4) is 0 Å². The van der Waals surface area contributed by atoms with Gasteiger partial charge in [0.25, 0.3) is 0 Å². The van der Waals surface area contributed by atoms with Gasteiger partial charge in [0.2, 0.25) is 5.13 Å². The molecular weight excluding hydrogens is 356 g/mol. The Kier molecular flexibility index (Phi) is 5.53. The van der Waals surface area contributed by atoms with Crippen molar-refractivity contribution in [3.8, 4) is 5.75 Å². The van der Waals surface area contributed by atoms with E-state index < -0.39 is 0 Å². The van der Waals surface area contributed by atoms with Crippen LogP contribution in [-0.2, 0) is 6.61 Å². The maximum atomic E-state index is 6.09. The summed E-state index contributed by atoms with van der Waals surface area (Å²) in [5.41, 5.74) is 11.5. The summed E-state index contributed by atoms with van der Waals surface area (Å²) in [7, 11) is 0. The summed E-state index contributed by atoms with van der Waals surface area (Å²) in [6, 6.07) is 13.6. The van der Waals surface area contributed by atoms with E-state index in [1.807, 2.05) is 18.2 Å².